The Labute approximate surface area is 205 Å². The molecular formula is C25H20ClFN4O4. The van der Waals surface area contributed by atoms with E-state index in [1.807, 2.05) is 0 Å². The number of aromatic nitrogens is 2. The summed E-state index contributed by atoms with van der Waals surface area (Å²) in [6.45, 7) is 1.92. The maximum Gasteiger partial charge on any atom is 0.311 e. The molecule has 35 heavy (non-hydrogen) atoms. The Hall–Kier alpha value is -4.24. The van der Waals surface area contributed by atoms with Gasteiger partial charge >= 0.3 is 5.69 Å². The summed E-state index contributed by atoms with van der Waals surface area (Å²) < 4.78 is 21.1. The van der Waals surface area contributed by atoms with E-state index in [0.717, 1.165) is 5.56 Å². The van der Waals surface area contributed by atoms with Crippen LogP contribution in [-0.2, 0) is 13.2 Å². The summed E-state index contributed by atoms with van der Waals surface area (Å²) in [6.07, 6.45) is 3.03. The van der Waals surface area contributed by atoms with Gasteiger partial charge in [0.2, 0.25) is 0 Å². The molecule has 178 valence electrons. The fraction of sp³-hybridized carbons (Fsp3) is 0.120. The lowest BCUT2D eigenvalue weighted by Gasteiger charge is -2.09. The van der Waals surface area contributed by atoms with Gasteiger partial charge in [0, 0.05) is 28.4 Å². The molecule has 1 N–H and O–H groups in total. The van der Waals surface area contributed by atoms with Gasteiger partial charge in [-0.25, -0.2) is 4.39 Å². The molecule has 0 bridgehead atoms. The van der Waals surface area contributed by atoms with Crippen molar-refractivity contribution in [2.24, 2.45) is 0 Å². The largest absolute Gasteiger partial charge is 0.482 e. The quantitative estimate of drug-likeness (QED) is 0.247. The molecule has 0 spiro atoms. The van der Waals surface area contributed by atoms with Gasteiger partial charge < -0.3 is 10.1 Å². The normalized spacial score (nSPS) is 10.7. The topological polar surface area (TPSA) is 99.3 Å². The molecule has 0 aliphatic rings. The lowest BCUT2D eigenvalue weighted by atomic mass is 10.1. The maximum absolute atomic E-state index is 14.0. The van der Waals surface area contributed by atoms with E-state index in [2.05, 4.69) is 10.4 Å². The van der Waals surface area contributed by atoms with E-state index in [9.17, 15) is 19.3 Å². The van der Waals surface area contributed by atoms with Gasteiger partial charge in [-0.2, -0.15) is 5.10 Å². The minimum absolute atomic E-state index is 0.0480. The summed E-state index contributed by atoms with van der Waals surface area (Å²) in [5.74, 6) is -0.664. The summed E-state index contributed by atoms with van der Waals surface area (Å²) in [6, 6.07) is 15.9. The molecule has 1 aromatic heterocycles. The van der Waals surface area contributed by atoms with Crippen molar-refractivity contribution in [3.05, 3.63) is 116 Å². The fourth-order valence-electron chi connectivity index (χ4n) is 3.42. The van der Waals surface area contributed by atoms with Crippen LogP contribution in [0, 0.1) is 22.9 Å². The molecule has 0 atom stereocenters. The van der Waals surface area contributed by atoms with E-state index < -0.39 is 10.7 Å². The van der Waals surface area contributed by atoms with E-state index in [1.54, 1.807) is 55.6 Å². The third kappa shape index (κ3) is 5.82. The first-order valence-corrected chi connectivity index (χ1v) is 10.9. The van der Waals surface area contributed by atoms with Gasteiger partial charge in [0.05, 0.1) is 23.4 Å². The number of amides is 1. The Morgan fingerprint density at radius 2 is 2.00 bits per heavy atom. The SMILES string of the molecule is Cc1ccc(OCc2cccc(C(=O)Nc3cnn(Cc4c(F)cccc4Cl)c3)c2)c([N+](=O)[O-])c1. The summed E-state index contributed by atoms with van der Waals surface area (Å²) in [4.78, 5) is 23.5. The Bertz CT molecular complexity index is 1390. The first-order valence-electron chi connectivity index (χ1n) is 10.5. The first-order chi connectivity index (χ1) is 16.8. The number of nitrogens with zero attached hydrogens (tertiary/aromatic N) is 3. The van der Waals surface area contributed by atoms with Crippen molar-refractivity contribution in [3.8, 4) is 5.75 Å². The standard InChI is InChI=1S/C25H20ClFN4O4/c1-16-8-9-24(23(10-16)31(33)34)35-15-17-4-2-5-18(11-17)25(32)29-19-12-28-30(13-19)14-20-21(26)6-3-7-22(20)27/h2-13H,14-15H2,1H3,(H,29,32). The lowest BCUT2D eigenvalue weighted by molar-refractivity contribution is -0.386. The first kappa shape index (κ1) is 23.9. The van der Waals surface area contributed by atoms with E-state index in [0.29, 0.717) is 27.4 Å². The zero-order chi connectivity index (χ0) is 24.9. The van der Waals surface area contributed by atoms with Gasteiger partial charge in [0.25, 0.3) is 5.91 Å². The molecule has 0 aliphatic carbocycles. The van der Waals surface area contributed by atoms with Gasteiger partial charge in [0.15, 0.2) is 5.75 Å². The second-order valence-corrected chi connectivity index (χ2v) is 8.21. The van der Waals surface area contributed by atoms with Crippen molar-refractivity contribution in [2.45, 2.75) is 20.1 Å². The van der Waals surface area contributed by atoms with Crippen LogP contribution in [0.25, 0.3) is 0 Å². The number of rotatable bonds is 8. The van der Waals surface area contributed by atoms with Crippen LogP contribution < -0.4 is 10.1 Å². The molecule has 4 rings (SSSR count). The zero-order valence-corrected chi connectivity index (χ0v) is 19.3. The highest BCUT2D eigenvalue weighted by molar-refractivity contribution is 6.31. The minimum atomic E-state index is -0.494. The molecule has 0 aliphatic heterocycles. The summed E-state index contributed by atoms with van der Waals surface area (Å²) in [7, 11) is 0. The second-order valence-electron chi connectivity index (χ2n) is 7.80. The maximum atomic E-state index is 14.0. The van der Waals surface area contributed by atoms with Gasteiger partial charge in [-0.15, -0.1) is 0 Å². The highest BCUT2D eigenvalue weighted by Crippen LogP contribution is 2.28. The molecule has 1 heterocycles. The molecule has 0 radical (unpaired) electrons. The molecule has 0 unspecified atom stereocenters. The van der Waals surface area contributed by atoms with Crippen LogP contribution in [0.1, 0.15) is 27.0 Å². The van der Waals surface area contributed by atoms with Crippen molar-refractivity contribution in [1.29, 1.82) is 0 Å². The number of hydrogen-bond acceptors (Lipinski definition) is 5. The van der Waals surface area contributed by atoms with E-state index in [-0.39, 0.29) is 30.5 Å². The summed E-state index contributed by atoms with van der Waals surface area (Å²) in [5, 5.41) is 18.5. The molecule has 0 fully saturated rings. The third-order valence-electron chi connectivity index (χ3n) is 5.17. The number of aryl methyl sites for hydroxylation is 1. The van der Waals surface area contributed by atoms with E-state index >= 15 is 0 Å². The lowest BCUT2D eigenvalue weighted by Crippen LogP contribution is -2.12. The van der Waals surface area contributed by atoms with Crippen LogP contribution in [0.3, 0.4) is 0 Å². The van der Waals surface area contributed by atoms with Crippen molar-refractivity contribution in [2.75, 3.05) is 5.32 Å². The van der Waals surface area contributed by atoms with Crippen LogP contribution in [0.15, 0.2) is 73.1 Å². The fourth-order valence-corrected chi connectivity index (χ4v) is 3.64. The number of carbonyl (C=O) groups excluding carboxylic acids is 1. The predicted octanol–water partition coefficient (Wildman–Crippen LogP) is 5.77. The number of halogens is 2. The predicted molar refractivity (Wildman–Crippen MR) is 129 cm³/mol. The van der Waals surface area contributed by atoms with Gasteiger partial charge in [0.1, 0.15) is 12.4 Å². The number of anilines is 1. The molecule has 10 heteroatoms. The number of nitro groups is 1. The van der Waals surface area contributed by atoms with Crippen molar-refractivity contribution in [1.82, 2.24) is 9.78 Å². The van der Waals surface area contributed by atoms with Gasteiger partial charge in [-0.3, -0.25) is 19.6 Å². The van der Waals surface area contributed by atoms with Crippen molar-refractivity contribution < 1.29 is 18.8 Å². The average Bonchev–Trinajstić information content (AvgIpc) is 3.27. The Morgan fingerprint density at radius 1 is 1.20 bits per heavy atom. The molecular weight excluding hydrogens is 475 g/mol. The number of hydrogen-bond donors (Lipinski definition) is 1. The smallest absolute Gasteiger partial charge is 0.311 e. The number of nitro benzene ring substituents is 1. The van der Waals surface area contributed by atoms with E-state index in [1.165, 1.54) is 29.1 Å². The summed E-state index contributed by atoms with van der Waals surface area (Å²) >= 11 is 6.07. The van der Waals surface area contributed by atoms with Gasteiger partial charge in [-0.05, 0) is 48.4 Å². The zero-order valence-electron chi connectivity index (χ0n) is 18.6. The summed E-state index contributed by atoms with van der Waals surface area (Å²) in [5.41, 5.74) is 2.40. The van der Waals surface area contributed by atoms with E-state index in [4.69, 9.17) is 16.3 Å². The number of carbonyl (C=O) groups is 1. The molecule has 0 saturated carbocycles. The van der Waals surface area contributed by atoms with Crippen LogP contribution in [0.2, 0.25) is 5.02 Å². The number of ether oxygens (including phenoxy) is 1. The number of nitrogens with one attached hydrogen (secondary N) is 1. The second kappa shape index (κ2) is 10.4. The average molecular weight is 495 g/mol. The minimum Gasteiger partial charge on any atom is -0.482 e. The van der Waals surface area contributed by atoms with Crippen LogP contribution in [-0.4, -0.2) is 20.6 Å². The molecule has 1 amide bonds. The number of benzene rings is 3. The van der Waals surface area contributed by atoms with Gasteiger partial charge in [-0.1, -0.05) is 35.9 Å². The molecule has 8 nitrogen and oxygen atoms in total. The highest BCUT2D eigenvalue weighted by Gasteiger charge is 2.16. The molecule has 0 saturated heterocycles. The Kier molecular flexibility index (Phi) is 7.07. The van der Waals surface area contributed by atoms with Crippen LogP contribution in [0.4, 0.5) is 15.8 Å². The third-order valence-corrected chi connectivity index (χ3v) is 5.52. The van der Waals surface area contributed by atoms with Crippen molar-refractivity contribution >= 4 is 28.9 Å². The monoisotopic (exact) mass is 494 g/mol. The molecule has 3 aromatic carbocycles. The highest BCUT2D eigenvalue weighted by atomic mass is 35.5. The van der Waals surface area contributed by atoms with Crippen LogP contribution in [0.5, 0.6) is 5.75 Å². The van der Waals surface area contributed by atoms with Crippen LogP contribution >= 0.6 is 11.6 Å². The van der Waals surface area contributed by atoms with Crippen molar-refractivity contribution in [3.63, 3.8) is 0 Å². The molecule has 4 aromatic rings. The Balaban J connectivity index is 1.41. The Morgan fingerprint density at radius 3 is 2.77 bits per heavy atom.